The first-order chi connectivity index (χ1) is 16.7. The van der Waals surface area contributed by atoms with Crippen LogP contribution in [0.2, 0.25) is 0 Å². The molecule has 2 amide bonds. The van der Waals surface area contributed by atoms with E-state index in [9.17, 15) is 31.2 Å². The number of amides is 2. The quantitative estimate of drug-likeness (QED) is 0.475. The van der Waals surface area contributed by atoms with Crippen LogP contribution >= 0.6 is 0 Å². The van der Waals surface area contributed by atoms with Gasteiger partial charge in [-0.05, 0) is 38.0 Å². The highest BCUT2D eigenvalue weighted by atomic mass is 32.2. The topological polar surface area (TPSA) is 163 Å². The van der Waals surface area contributed by atoms with Gasteiger partial charge in [-0.3, -0.25) is 9.59 Å². The second kappa shape index (κ2) is 8.96. The van der Waals surface area contributed by atoms with Crippen molar-refractivity contribution >= 4 is 21.7 Å². The Kier molecular flexibility index (Phi) is 6.28. The SMILES string of the molecule is C[C@H](NC(=O)c1cc(C(F)(F)F)cc(S(C)(=O)=O)c1)c1nc(C2CC2)nn1-c1cc(C(N)=O)ncn1. The lowest BCUT2D eigenvalue weighted by Gasteiger charge is -2.16. The Morgan fingerprint density at radius 3 is 2.44 bits per heavy atom. The van der Waals surface area contributed by atoms with E-state index < -0.39 is 49.9 Å². The van der Waals surface area contributed by atoms with Crippen molar-refractivity contribution in [1.29, 1.82) is 0 Å². The second-order valence-corrected chi connectivity index (χ2v) is 10.4. The van der Waals surface area contributed by atoms with E-state index in [2.05, 4.69) is 25.4 Å². The number of hydrogen-bond donors (Lipinski definition) is 2. The van der Waals surface area contributed by atoms with Gasteiger partial charge in [0.25, 0.3) is 11.8 Å². The number of hydrogen-bond acceptors (Lipinski definition) is 8. The molecule has 1 aromatic carbocycles. The molecule has 1 saturated carbocycles. The van der Waals surface area contributed by atoms with Gasteiger partial charge in [-0.2, -0.15) is 17.9 Å². The fraction of sp³-hybridized carbons (Fsp3) is 0.333. The van der Waals surface area contributed by atoms with E-state index in [4.69, 9.17) is 5.73 Å². The predicted octanol–water partition coefficient (Wildman–Crippen LogP) is 1.95. The minimum Gasteiger partial charge on any atom is -0.364 e. The molecule has 190 valence electrons. The largest absolute Gasteiger partial charge is 0.416 e. The van der Waals surface area contributed by atoms with E-state index in [1.54, 1.807) is 0 Å². The van der Waals surface area contributed by atoms with Crippen LogP contribution in [-0.4, -0.2) is 51.2 Å². The number of nitrogens with one attached hydrogen (secondary N) is 1. The summed E-state index contributed by atoms with van der Waals surface area (Å²) in [6.07, 6.45) is -1.29. The van der Waals surface area contributed by atoms with Gasteiger partial charge in [0.1, 0.15) is 12.0 Å². The van der Waals surface area contributed by atoms with Crippen LogP contribution in [0.4, 0.5) is 13.2 Å². The lowest BCUT2D eigenvalue weighted by molar-refractivity contribution is -0.137. The Morgan fingerprint density at radius 1 is 1.17 bits per heavy atom. The van der Waals surface area contributed by atoms with Crippen LogP contribution in [0, 0.1) is 0 Å². The first-order valence-electron chi connectivity index (χ1n) is 10.6. The monoisotopic (exact) mass is 523 g/mol. The molecular weight excluding hydrogens is 503 g/mol. The number of rotatable bonds is 7. The van der Waals surface area contributed by atoms with Gasteiger partial charge in [0, 0.05) is 23.8 Å². The van der Waals surface area contributed by atoms with Crippen molar-refractivity contribution < 1.29 is 31.2 Å². The van der Waals surface area contributed by atoms with Crippen molar-refractivity contribution in [2.24, 2.45) is 5.73 Å². The van der Waals surface area contributed by atoms with Crippen LogP contribution in [0.3, 0.4) is 0 Å². The van der Waals surface area contributed by atoms with E-state index in [0.29, 0.717) is 18.0 Å². The molecule has 15 heteroatoms. The molecule has 0 radical (unpaired) electrons. The molecule has 0 saturated heterocycles. The van der Waals surface area contributed by atoms with Crippen molar-refractivity contribution in [1.82, 2.24) is 30.0 Å². The van der Waals surface area contributed by atoms with Gasteiger partial charge < -0.3 is 11.1 Å². The minimum atomic E-state index is -4.87. The average molecular weight is 523 g/mol. The van der Waals surface area contributed by atoms with Gasteiger partial charge in [-0.1, -0.05) is 0 Å². The van der Waals surface area contributed by atoms with Crippen molar-refractivity contribution in [2.75, 3.05) is 6.26 Å². The van der Waals surface area contributed by atoms with E-state index in [0.717, 1.165) is 31.5 Å². The molecule has 3 N–H and O–H groups in total. The summed E-state index contributed by atoms with van der Waals surface area (Å²) in [5.74, 6) is -0.839. The molecule has 0 aliphatic heterocycles. The van der Waals surface area contributed by atoms with Gasteiger partial charge in [0.15, 0.2) is 27.3 Å². The van der Waals surface area contributed by atoms with Crippen molar-refractivity contribution in [2.45, 2.75) is 42.8 Å². The molecule has 11 nitrogen and oxygen atoms in total. The molecule has 2 aromatic heterocycles. The molecule has 2 heterocycles. The number of carbonyl (C=O) groups is 2. The highest BCUT2D eigenvalue weighted by molar-refractivity contribution is 7.90. The summed E-state index contributed by atoms with van der Waals surface area (Å²) in [5, 5.41) is 6.95. The molecule has 4 rings (SSSR count). The van der Waals surface area contributed by atoms with E-state index >= 15 is 0 Å². The summed E-state index contributed by atoms with van der Waals surface area (Å²) in [6, 6.07) is 2.30. The number of halogens is 3. The lowest BCUT2D eigenvalue weighted by Crippen LogP contribution is -2.29. The van der Waals surface area contributed by atoms with Gasteiger partial charge in [0.2, 0.25) is 0 Å². The Morgan fingerprint density at radius 2 is 1.86 bits per heavy atom. The maximum atomic E-state index is 13.3. The Hall–Kier alpha value is -3.88. The van der Waals surface area contributed by atoms with Crippen LogP contribution in [-0.2, 0) is 16.0 Å². The summed E-state index contributed by atoms with van der Waals surface area (Å²) in [4.78, 5) is 36.1. The molecule has 0 spiro atoms. The van der Waals surface area contributed by atoms with Crippen LogP contribution in [0.25, 0.3) is 5.82 Å². The maximum Gasteiger partial charge on any atom is 0.416 e. The van der Waals surface area contributed by atoms with Crippen molar-refractivity contribution in [3.63, 3.8) is 0 Å². The summed E-state index contributed by atoms with van der Waals surface area (Å²) in [7, 11) is -4.03. The van der Waals surface area contributed by atoms with Crippen LogP contribution in [0.1, 0.15) is 69.8 Å². The number of primary amides is 1. The predicted molar refractivity (Wildman–Crippen MR) is 118 cm³/mol. The minimum absolute atomic E-state index is 0.0802. The standard InChI is InChI=1S/C21H20F3N7O4S/c1-10(28-20(33)12-5-13(21(22,23)24)7-14(6-12)36(2,34)35)19-29-18(11-3-4-11)30-31(19)16-8-15(17(25)32)26-9-27-16/h5-11H,3-4H2,1-2H3,(H2,25,32)(H,28,33)/t10-/m0/s1. The number of carbonyl (C=O) groups excluding carboxylic acids is 2. The van der Waals surface area contributed by atoms with Crippen molar-refractivity contribution in [3.05, 3.63) is 59.1 Å². The molecule has 1 fully saturated rings. The van der Waals surface area contributed by atoms with Crippen LogP contribution in [0.15, 0.2) is 35.5 Å². The van der Waals surface area contributed by atoms with E-state index in [-0.39, 0.29) is 23.3 Å². The lowest BCUT2D eigenvalue weighted by atomic mass is 10.1. The zero-order valence-corrected chi connectivity index (χ0v) is 19.8. The van der Waals surface area contributed by atoms with Crippen LogP contribution in [0.5, 0.6) is 0 Å². The molecule has 0 unspecified atom stereocenters. The normalized spacial score (nSPS) is 14.9. The number of alkyl halides is 3. The smallest absolute Gasteiger partial charge is 0.364 e. The fourth-order valence-corrected chi connectivity index (χ4v) is 4.04. The number of sulfone groups is 1. The Labute approximate surface area is 202 Å². The molecule has 0 bridgehead atoms. The first kappa shape index (κ1) is 25.2. The summed E-state index contributed by atoms with van der Waals surface area (Å²) < 4.78 is 65.2. The summed E-state index contributed by atoms with van der Waals surface area (Å²) in [5.41, 5.74) is 3.43. The molecule has 1 aliphatic carbocycles. The summed E-state index contributed by atoms with van der Waals surface area (Å²) in [6.45, 7) is 1.52. The molecular formula is C21H20F3N7O4S. The maximum absolute atomic E-state index is 13.3. The zero-order valence-electron chi connectivity index (χ0n) is 18.9. The Bertz CT molecular complexity index is 1470. The number of nitrogens with two attached hydrogens (primary N) is 1. The second-order valence-electron chi connectivity index (χ2n) is 8.35. The van der Waals surface area contributed by atoms with Gasteiger partial charge >= 0.3 is 6.18 Å². The number of nitrogens with zero attached hydrogens (tertiary/aromatic N) is 5. The van der Waals surface area contributed by atoms with E-state index in [1.807, 2.05) is 0 Å². The first-order valence-corrected chi connectivity index (χ1v) is 12.5. The number of aromatic nitrogens is 5. The third kappa shape index (κ3) is 5.35. The highest BCUT2D eigenvalue weighted by Gasteiger charge is 2.34. The third-order valence-electron chi connectivity index (χ3n) is 5.37. The van der Waals surface area contributed by atoms with Gasteiger partial charge in [0.05, 0.1) is 16.5 Å². The van der Waals surface area contributed by atoms with Gasteiger partial charge in [-0.25, -0.2) is 23.4 Å². The molecule has 1 aliphatic rings. The van der Waals surface area contributed by atoms with Crippen molar-refractivity contribution in [3.8, 4) is 5.82 Å². The van der Waals surface area contributed by atoms with Gasteiger partial charge in [-0.15, -0.1) is 5.10 Å². The Balaban J connectivity index is 1.70. The summed E-state index contributed by atoms with van der Waals surface area (Å²) >= 11 is 0. The number of benzene rings is 1. The van der Waals surface area contributed by atoms with E-state index in [1.165, 1.54) is 17.7 Å². The molecule has 1 atom stereocenters. The third-order valence-corrected chi connectivity index (χ3v) is 6.46. The average Bonchev–Trinajstić information content (AvgIpc) is 3.55. The molecule has 3 aromatic rings. The zero-order chi connectivity index (χ0) is 26.4. The fourth-order valence-electron chi connectivity index (χ4n) is 3.35. The highest BCUT2D eigenvalue weighted by Crippen LogP contribution is 2.39. The molecule has 36 heavy (non-hydrogen) atoms. The van der Waals surface area contributed by atoms with Crippen LogP contribution < -0.4 is 11.1 Å².